The predicted molar refractivity (Wildman–Crippen MR) is 74.6 cm³/mol. The summed E-state index contributed by atoms with van der Waals surface area (Å²) in [4.78, 5) is 14.3. The van der Waals surface area contributed by atoms with Crippen molar-refractivity contribution in [2.75, 3.05) is 18.0 Å². The summed E-state index contributed by atoms with van der Waals surface area (Å²) in [5.41, 5.74) is 7.99. The quantitative estimate of drug-likeness (QED) is 0.870. The van der Waals surface area contributed by atoms with E-state index in [1.807, 2.05) is 17.9 Å². The minimum atomic E-state index is -0.0996. The number of hydrogen-bond donors (Lipinski definition) is 1. The van der Waals surface area contributed by atoms with Crippen molar-refractivity contribution < 1.29 is 4.79 Å². The van der Waals surface area contributed by atoms with E-state index in [1.165, 1.54) is 18.4 Å². The summed E-state index contributed by atoms with van der Waals surface area (Å²) in [6.45, 7) is 3.14. The molecule has 2 N–H and O–H groups in total. The lowest BCUT2D eigenvalue weighted by molar-refractivity contribution is -0.121. The molecular formula is C15H22N2O. The number of aryl methyl sites for hydroxylation is 1. The molecule has 1 amide bonds. The second kappa shape index (κ2) is 6.01. The Hall–Kier alpha value is -1.35. The van der Waals surface area contributed by atoms with Crippen molar-refractivity contribution in [1.29, 1.82) is 0 Å². The molecule has 1 heterocycles. The van der Waals surface area contributed by atoms with Crippen molar-refractivity contribution >= 4 is 11.6 Å². The highest BCUT2D eigenvalue weighted by Crippen LogP contribution is 2.26. The zero-order chi connectivity index (χ0) is 13.0. The van der Waals surface area contributed by atoms with Gasteiger partial charge in [-0.15, -0.1) is 0 Å². The number of nitrogens with zero attached hydrogens (tertiary/aromatic N) is 1. The zero-order valence-electron chi connectivity index (χ0n) is 11.1. The van der Waals surface area contributed by atoms with Gasteiger partial charge in [-0.25, -0.2) is 0 Å². The number of carbonyl (C=O) groups excluding carboxylic acids is 1. The summed E-state index contributed by atoms with van der Waals surface area (Å²) < 4.78 is 0. The molecule has 1 unspecified atom stereocenters. The van der Waals surface area contributed by atoms with Crippen molar-refractivity contribution in [3.63, 3.8) is 0 Å². The van der Waals surface area contributed by atoms with Gasteiger partial charge in [0.25, 0.3) is 0 Å². The number of para-hydroxylation sites is 1. The average molecular weight is 246 g/mol. The number of benzene rings is 1. The van der Waals surface area contributed by atoms with Gasteiger partial charge in [-0.2, -0.15) is 0 Å². The van der Waals surface area contributed by atoms with Crippen LogP contribution in [-0.4, -0.2) is 19.0 Å². The Labute approximate surface area is 109 Å². The molecule has 0 spiro atoms. The Morgan fingerprint density at radius 2 is 2.11 bits per heavy atom. The molecule has 2 rings (SSSR count). The van der Waals surface area contributed by atoms with Gasteiger partial charge in [0.1, 0.15) is 0 Å². The van der Waals surface area contributed by atoms with Crippen LogP contribution in [0.5, 0.6) is 0 Å². The molecular weight excluding hydrogens is 224 g/mol. The molecule has 0 saturated carbocycles. The molecule has 0 fully saturated rings. The molecule has 1 atom stereocenters. The Morgan fingerprint density at radius 3 is 2.89 bits per heavy atom. The van der Waals surface area contributed by atoms with Crippen molar-refractivity contribution in [2.45, 2.75) is 32.6 Å². The molecule has 1 aromatic carbocycles. The Morgan fingerprint density at radius 1 is 1.33 bits per heavy atom. The Balaban J connectivity index is 2.32. The normalized spacial score (nSPS) is 17.6. The van der Waals surface area contributed by atoms with Crippen molar-refractivity contribution in [3.8, 4) is 0 Å². The molecule has 1 aliphatic heterocycles. The highest BCUT2D eigenvalue weighted by molar-refractivity contribution is 5.95. The van der Waals surface area contributed by atoms with Gasteiger partial charge < -0.3 is 10.6 Å². The Bertz CT molecular complexity index is 417. The highest BCUT2D eigenvalue weighted by atomic mass is 16.2. The summed E-state index contributed by atoms with van der Waals surface area (Å²) in [6.07, 6.45) is 4.55. The summed E-state index contributed by atoms with van der Waals surface area (Å²) in [5, 5.41) is 0. The van der Waals surface area contributed by atoms with Gasteiger partial charge in [0.05, 0.1) is 0 Å². The van der Waals surface area contributed by atoms with E-state index in [4.69, 9.17) is 5.73 Å². The molecule has 1 aliphatic rings. The van der Waals surface area contributed by atoms with E-state index in [9.17, 15) is 4.79 Å². The minimum Gasteiger partial charge on any atom is -0.330 e. The van der Waals surface area contributed by atoms with Gasteiger partial charge in [-0.1, -0.05) is 31.5 Å². The molecule has 0 radical (unpaired) electrons. The second-order valence-corrected chi connectivity index (χ2v) is 5.07. The number of rotatable bonds is 2. The fourth-order valence-electron chi connectivity index (χ4n) is 2.46. The first-order valence-corrected chi connectivity index (χ1v) is 6.83. The summed E-state index contributed by atoms with van der Waals surface area (Å²) >= 11 is 0. The van der Waals surface area contributed by atoms with Gasteiger partial charge in [0.15, 0.2) is 0 Å². The van der Waals surface area contributed by atoms with Crippen LogP contribution in [0.25, 0.3) is 0 Å². The monoisotopic (exact) mass is 246 g/mol. The maximum Gasteiger partial charge on any atom is 0.231 e. The van der Waals surface area contributed by atoms with Crippen LogP contribution >= 0.6 is 0 Å². The van der Waals surface area contributed by atoms with Crippen LogP contribution in [0.4, 0.5) is 5.69 Å². The summed E-state index contributed by atoms with van der Waals surface area (Å²) in [6, 6.07) is 8.25. The second-order valence-electron chi connectivity index (χ2n) is 5.07. The van der Waals surface area contributed by atoms with Crippen LogP contribution in [0.2, 0.25) is 0 Å². The molecule has 3 nitrogen and oxygen atoms in total. The molecule has 18 heavy (non-hydrogen) atoms. The number of nitrogens with two attached hydrogens (primary N) is 1. The summed E-state index contributed by atoms with van der Waals surface area (Å²) in [5.74, 6) is 0.0596. The lowest BCUT2D eigenvalue weighted by Gasteiger charge is -2.29. The van der Waals surface area contributed by atoms with Gasteiger partial charge in [-0.05, 0) is 30.9 Å². The van der Waals surface area contributed by atoms with Gasteiger partial charge in [-0.3, -0.25) is 4.79 Å². The van der Waals surface area contributed by atoms with Crippen molar-refractivity contribution in [1.82, 2.24) is 0 Å². The van der Waals surface area contributed by atoms with E-state index in [0.717, 1.165) is 25.1 Å². The summed E-state index contributed by atoms with van der Waals surface area (Å²) in [7, 11) is 0. The highest BCUT2D eigenvalue weighted by Gasteiger charge is 2.23. The van der Waals surface area contributed by atoms with E-state index in [-0.39, 0.29) is 11.8 Å². The molecule has 0 saturated heterocycles. The van der Waals surface area contributed by atoms with Gasteiger partial charge in [0, 0.05) is 24.7 Å². The first-order chi connectivity index (χ1) is 8.74. The van der Waals surface area contributed by atoms with Gasteiger partial charge in [0.2, 0.25) is 5.91 Å². The third kappa shape index (κ3) is 2.72. The first-order valence-electron chi connectivity index (χ1n) is 6.83. The minimum absolute atomic E-state index is 0.0996. The largest absolute Gasteiger partial charge is 0.330 e. The Kier molecular flexibility index (Phi) is 4.37. The number of fused-ring (bicyclic) bond motifs is 1. The maximum absolute atomic E-state index is 12.4. The smallest absolute Gasteiger partial charge is 0.231 e. The molecule has 3 heteroatoms. The fraction of sp³-hybridized carbons (Fsp3) is 0.533. The molecule has 98 valence electrons. The zero-order valence-corrected chi connectivity index (χ0v) is 11.1. The molecule has 0 aliphatic carbocycles. The van der Waals surface area contributed by atoms with Crippen LogP contribution in [0, 0.1) is 5.92 Å². The van der Waals surface area contributed by atoms with Crippen LogP contribution in [0.3, 0.4) is 0 Å². The van der Waals surface area contributed by atoms with Crippen LogP contribution in [0.1, 0.15) is 31.7 Å². The average Bonchev–Trinajstić information content (AvgIpc) is 2.38. The van der Waals surface area contributed by atoms with E-state index in [1.54, 1.807) is 0 Å². The van der Waals surface area contributed by atoms with Crippen molar-refractivity contribution in [2.24, 2.45) is 11.7 Å². The third-order valence-electron chi connectivity index (χ3n) is 3.65. The lowest BCUT2D eigenvalue weighted by atomic mass is 10.00. The van der Waals surface area contributed by atoms with Crippen LogP contribution in [-0.2, 0) is 11.2 Å². The maximum atomic E-state index is 12.4. The number of amides is 1. The third-order valence-corrected chi connectivity index (χ3v) is 3.65. The lowest BCUT2D eigenvalue weighted by Crippen LogP contribution is -2.39. The number of carbonyl (C=O) groups is 1. The molecule has 1 aromatic rings. The SMILES string of the molecule is CC(CN)C(=O)N1CCCCCc2ccccc21. The topological polar surface area (TPSA) is 46.3 Å². The molecule has 0 aromatic heterocycles. The van der Waals surface area contributed by atoms with E-state index in [0.29, 0.717) is 6.54 Å². The van der Waals surface area contributed by atoms with Crippen molar-refractivity contribution in [3.05, 3.63) is 29.8 Å². The van der Waals surface area contributed by atoms with E-state index < -0.39 is 0 Å². The number of anilines is 1. The standard InChI is InChI=1S/C15H22N2O/c1-12(11-16)15(18)17-10-6-2-3-7-13-8-4-5-9-14(13)17/h4-5,8-9,12H,2-3,6-7,10-11,16H2,1H3. The van der Waals surface area contributed by atoms with Gasteiger partial charge >= 0.3 is 0 Å². The number of hydrogen-bond acceptors (Lipinski definition) is 2. The fourth-order valence-corrected chi connectivity index (χ4v) is 2.46. The van der Waals surface area contributed by atoms with Crippen LogP contribution in [0.15, 0.2) is 24.3 Å². The molecule has 0 bridgehead atoms. The predicted octanol–water partition coefficient (Wildman–Crippen LogP) is 2.34. The first kappa shape index (κ1) is 13.1. The van der Waals surface area contributed by atoms with E-state index >= 15 is 0 Å². The van der Waals surface area contributed by atoms with E-state index in [2.05, 4.69) is 18.2 Å². The van der Waals surface area contributed by atoms with Crippen LogP contribution < -0.4 is 10.6 Å².